The lowest BCUT2D eigenvalue weighted by molar-refractivity contribution is -0.158. The first-order valence-corrected chi connectivity index (χ1v) is 16.3. The number of hydrogen-bond donors (Lipinski definition) is 3. The Morgan fingerprint density at radius 3 is 1.50 bits per heavy atom. The molecule has 0 aliphatic rings. The molecule has 4 rings (SSSR count). The molecule has 4 aromatic rings. The van der Waals surface area contributed by atoms with Gasteiger partial charge in [-0.05, 0) is 77.4 Å². The van der Waals surface area contributed by atoms with Crippen LogP contribution in [0.2, 0.25) is 30.1 Å². The van der Waals surface area contributed by atoms with Gasteiger partial charge in [-0.25, -0.2) is 4.79 Å². The number of amides is 1. The number of carbonyl (C=O) groups is 3. The Hall–Kier alpha value is -3.57. The third-order valence-corrected chi connectivity index (χ3v) is 8.11. The van der Waals surface area contributed by atoms with E-state index in [0.29, 0.717) is 15.6 Å². The molecule has 1 amide bonds. The Bertz CT molecular complexity index is 1810. The van der Waals surface area contributed by atoms with Gasteiger partial charge in [-0.1, -0.05) is 69.6 Å². The van der Waals surface area contributed by atoms with E-state index in [-0.39, 0.29) is 56.8 Å². The van der Waals surface area contributed by atoms with Gasteiger partial charge in [-0.2, -0.15) is 0 Å². The number of ether oxygens (including phenoxy) is 3. The van der Waals surface area contributed by atoms with Crippen LogP contribution in [-0.2, 0) is 34.0 Å². The molecule has 0 fully saturated rings. The highest BCUT2D eigenvalue weighted by molar-refractivity contribution is 6.38. The molecule has 0 aliphatic carbocycles. The van der Waals surface area contributed by atoms with Crippen LogP contribution in [0.1, 0.15) is 27.0 Å². The fraction of sp³-hybridized carbons (Fsp3) is 0.182. The molecule has 0 saturated heterocycles. The van der Waals surface area contributed by atoms with E-state index in [4.69, 9.17) is 83.8 Å². The molecule has 0 spiro atoms. The van der Waals surface area contributed by atoms with Crippen LogP contribution in [-0.4, -0.2) is 38.5 Å². The van der Waals surface area contributed by atoms with E-state index in [1.807, 2.05) is 12.1 Å². The SMILES string of the molecule is CNc1cc(Cl)cc(COc2c(Cl)cc(CC(=O)OC(=O)CNC(=O)c3cc(Cl)c(OCc4cc(Cl)cc(NC)c4)c(Cl)c3)cc2Cl)c1. The third-order valence-electron chi connectivity index (χ3n) is 6.55. The van der Waals surface area contributed by atoms with Crippen molar-refractivity contribution >= 4 is 98.8 Å². The number of halogens is 6. The number of anilines is 2. The summed E-state index contributed by atoms with van der Waals surface area (Å²) in [7, 11) is 3.53. The summed E-state index contributed by atoms with van der Waals surface area (Å²) < 4.78 is 16.4. The minimum atomic E-state index is -0.993. The van der Waals surface area contributed by atoms with E-state index in [1.165, 1.54) is 24.3 Å². The van der Waals surface area contributed by atoms with Crippen molar-refractivity contribution in [1.82, 2.24) is 5.32 Å². The van der Waals surface area contributed by atoms with Crippen LogP contribution in [0.25, 0.3) is 0 Å². The van der Waals surface area contributed by atoms with Crippen LogP contribution < -0.4 is 25.4 Å². The lowest BCUT2D eigenvalue weighted by Gasteiger charge is -2.13. The quantitative estimate of drug-likeness (QED) is 0.0912. The Morgan fingerprint density at radius 2 is 1.04 bits per heavy atom. The summed E-state index contributed by atoms with van der Waals surface area (Å²) in [6, 6.07) is 16.3. The summed E-state index contributed by atoms with van der Waals surface area (Å²) in [6.07, 6.45) is -0.322. The predicted molar refractivity (Wildman–Crippen MR) is 191 cm³/mol. The normalized spacial score (nSPS) is 10.7. The van der Waals surface area contributed by atoms with Crippen molar-refractivity contribution in [3.05, 3.63) is 113 Å². The largest absolute Gasteiger partial charge is 0.486 e. The molecule has 0 heterocycles. The molecule has 15 heteroatoms. The van der Waals surface area contributed by atoms with E-state index in [9.17, 15) is 14.4 Å². The Kier molecular flexibility index (Phi) is 13.3. The van der Waals surface area contributed by atoms with Gasteiger partial charge in [0.15, 0.2) is 11.5 Å². The second-order valence-electron chi connectivity index (χ2n) is 10.1. The number of carbonyl (C=O) groups excluding carboxylic acids is 3. The first kappa shape index (κ1) is 37.3. The average molecular weight is 774 g/mol. The zero-order chi connectivity index (χ0) is 35.0. The molecule has 48 heavy (non-hydrogen) atoms. The molecular weight excluding hydrogens is 747 g/mol. The fourth-order valence-corrected chi connectivity index (χ4v) is 6.12. The topological polar surface area (TPSA) is 115 Å². The molecule has 252 valence electrons. The second kappa shape index (κ2) is 17.2. The predicted octanol–water partition coefficient (Wildman–Crippen LogP) is 8.89. The first-order valence-electron chi connectivity index (χ1n) is 14.0. The van der Waals surface area contributed by atoms with Crippen LogP contribution in [0.15, 0.2) is 60.7 Å². The summed E-state index contributed by atoms with van der Waals surface area (Å²) in [5, 5.41) is 9.88. The maximum atomic E-state index is 12.7. The number of rotatable bonds is 13. The second-order valence-corrected chi connectivity index (χ2v) is 12.6. The standard InChI is InChI=1S/C33H27Cl6N3O6/c1-40-23-5-18(3-21(34)12-23)15-46-31-25(36)7-17(8-26(31)37)9-29(43)48-30(44)14-42-33(45)20-10-27(38)32(28(39)11-20)47-16-19-4-22(35)13-24(6-19)41-2/h3-8,10-13,40-41H,9,14-16H2,1-2H3,(H,42,45). The minimum Gasteiger partial charge on any atom is -0.486 e. The number of nitrogens with one attached hydrogen (secondary N) is 3. The molecule has 0 radical (unpaired) electrons. The molecule has 0 atom stereocenters. The van der Waals surface area contributed by atoms with Crippen LogP contribution in [0.3, 0.4) is 0 Å². The summed E-state index contributed by atoms with van der Waals surface area (Å²) in [5.74, 6) is -2.19. The van der Waals surface area contributed by atoms with Crippen molar-refractivity contribution in [3.8, 4) is 11.5 Å². The number of hydrogen-bond acceptors (Lipinski definition) is 8. The smallest absolute Gasteiger partial charge is 0.333 e. The maximum Gasteiger partial charge on any atom is 0.333 e. The van der Waals surface area contributed by atoms with Crippen molar-refractivity contribution in [2.45, 2.75) is 19.6 Å². The van der Waals surface area contributed by atoms with E-state index in [2.05, 4.69) is 16.0 Å². The van der Waals surface area contributed by atoms with Gasteiger partial charge in [0.25, 0.3) is 5.91 Å². The first-order chi connectivity index (χ1) is 22.8. The van der Waals surface area contributed by atoms with Gasteiger partial charge in [0.05, 0.1) is 26.5 Å². The number of esters is 2. The molecular formula is C33H27Cl6N3O6. The highest BCUT2D eigenvalue weighted by Crippen LogP contribution is 2.36. The zero-order valence-corrected chi connectivity index (χ0v) is 29.9. The van der Waals surface area contributed by atoms with Gasteiger partial charge < -0.3 is 30.2 Å². The lowest BCUT2D eigenvalue weighted by atomic mass is 10.1. The van der Waals surface area contributed by atoms with Crippen LogP contribution in [0.4, 0.5) is 11.4 Å². The lowest BCUT2D eigenvalue weighted by Crippen LogP contribution is -2.32. The maximum absolute atomic E-state index is 12.7. The average Bonchev–Trinajstić information content (AvgIpc) is 3.02. The Morgan fingerprint density at radius 1 is 0.583 bits per heavy atom. The van der Waals surface area contributed by atoms with E-state index in [1.54, 1.807) is 38.4 Å². The Balaban J connectivity index is 1.28. The molecule has 0 aliphatic heterocycles. The molecule has 3 N–H and O–H groups in total. The van der Waals surface area contributed by atoms with Gasteiger partial charge in [-0.3, -0.25) is 9.59 Å². The van der Waals surface area contributed by atoms with Crippen LogP contribution in [0.5, 0.6) is 11.5 Å². The van der Waals surface area contributed by atoms with E-state index in [0.717, 1.165) is 22.5 Å². The van der Waals surface area contributed by atoms with E-state index < -0.39 is 24.4 Å². The molecule has 9 nitrogen and oxygen atoms in total. The molecule has 4 aromatic carbocycles. The highest BCUT2D eigenvalue weighted by Gasteiger charge is 2.19. The summed E-state index contributed by atoms with van der Waals surface area (Å²) in [6.45, 7) is -0.361. The molecule has 0 unspecified atom stereocenters. The van der Waals surface area contributed by atoms with Crippen molar-refractivity contribution in [2.24, 2.45) is 0 Å². The van der Waals surface area contributed by atoms with Crippen molar-refractivity contribution < 1.29 is 28.6 Å². The van der Waals surface area contributed by atoms with Gasteiger partial charge >= 0.3 is 11.9 Å². The van der Waals surface area contributed by atoms with Crippen LogP contribution >= 0.6 is 69.6 Å². The minimum absolute atomic E-state index is 0.0566. The summed E-state index contributed by atoms with van der Waals surface area (Å²) in [4.78, 5) is 37.4. The third kappa shape index (κ3) is 10.5. The molecule has 0 saturated carbocycles. The van der Waals surface area contributed by atoms with Gasteiger partial charge in [0.1, 0.15) is 19.8 Å². The van der Waals surface area contributed by atoms with Gasteiger partial charge in [-0.15, -0.1) is 0 Å². The molecule has 0 aromatic heterocycles. The fourth-order valence-electron chi connectivity index (χ4n) is 4.37. The molecule has 0 bridgehead atoms. The van der Waals surface area contributed by atoms with Gasteiger partial charge in [0, 0.05) is 41.1 Å². The summed E-state index contributed by atoms with van der Waals surface area (Å²) >= 11 is 37.7. The van der Waals surface area contributed by atoms with Crippen LogP contribution in [0, 0.1) is 0 Å². The summed E-state index contributed by atoms with van der Waals surface area (Å²) in [5.41, 5.74) is 3.59. The number of benzene rings is 4. The van der Waals surface area contributed by atoms with Crippen molar-refractivity contribution in [3.63, 3.8) is 0 Å². The van der Waals surface area contributed by atoms with Crippen molar-refractivity contribution in [2.75, 3.05) is 31.3 Å². The van der Waals surface area contributed by atoms with Crippen molar-refractivity contribution in [1.29, 1.82) is 0 Å². The monoisotopic (exact) mass is 771 g/mol. The zero-order valence-electron chi connectivity index (χ0n) is 25.3. The van der Waals surface area contributed by atoms with Gasteiger partial charge in [0.2, 0.25) is 0 Å². The Labute approximate surface area is 306 Å². The highest BCUT2D eigenvalue weighted by atomic mass is 35.5. The van der Waals surface area contributed by atoms with E-state index >= 15 is 0 Å².